The molecule has 1 saturated carbocycles. The van der Waals surface area contributed by atoms with Crippen molar-refractivity contribution in [3.63, 3.8) is 0 Å². The Bertz CT molecular complexity index is 763. The van der Waals surface area contributed by atoms with Crippen LogP contribution in [0, 0.1) is 11.8 Å². The first-order valence-corrected chi connectivity index (χ1v) is 10.1. The predicted octanol–water partition coefficient (Wildman–Crippen LogP) is 6.48. The second-order valence-electron chi connectivity index (χ2n) is 7.92. The van der Waals surface area contributed by atoms with Crippen molar-refractivity contribution in [2.45, 2.75) is 45.4 Å². The Hall–Kier alpha value is -2.48. The van der Waals surface area contributed by atoms with Gasteiger partial charge in [-0.25, -0.2) is 0 Å². The molecule has 142 valence electrons. The van der Waals surface area contributed by atoms with E-state index in [2.05, 4.69) is 85.3 Å². The van der Waals surface area contributed by atoms with Gasteiger partial charge in [0.1, 0.15) is 0 Å². The molecule has 2 aromatic carbocycles. The molecule has 3 rings (SSSR count). The highest BCUT2D eigenvalue weighted by atomic mass is 15.1. The molecule has 1 aliphatic carbocycles. The maximum atomic E-state index is 4.23. The number of hydrogen-bond donors (Lipinski definition) is 2. The van der Waals surface area contributed by atoms with Gasteiger partial charge in [0.05, 0.1) is 5.82 Å². The van der Waals surface area contributed by atoms with E-state index in [0.29, 0.717) is 0 Å². The van der Waals surface area contributed by atoms with E-state index < -0.39 is 0 Å². The van der Waals surface area contributed by atoms with Crippen molar-refractivity contribution >= 4 is 5.69 Å². The molecule has 27 heavy (non-hydrogen) atoms. The van der Waals surface area contributed by atoms with E-state index in [1.165, 1.54) is 36.8 Å². The molecule has 0 heterocycles. The lowest BCUT2D eigenvalue weighted by Crippen LogP contribution is -2.23. The molecule has 1 aliphatic rings. The van der Waals surface area contributed by atoms with Crippen molar-refractivity contribution in [3.05, 3.63) is 90.4 Å². The van der Waals surface area contributed by atoms with Crippen molar-refractivity contribution in [1.29, 1.82) is 0 Å². The first-order valence-electron chi connectivity index (χ1n) is 10.1. The molecular formula is C25H32N2. The molecule has 1 fully saturated rings. The molecule has 0 bridgehead atoms. The Kier molecular flexibility index (Phi) is 6.75. The number of hydrogen-bond acceptors (Lipinski definition) is 2. The summed E-state index contributed by atoms with van der Waals surface area (Å²) in [5.74, 6) is 2.34. The van der Waals surface area contributed by atoms with E-state index in [0.717, 1.165) is 41.9 Å². The lowest BCUT2D eigenvalue weighted by Gasteiger charge is -2.29. The molecule has 2 N–H and O–H groups in total. The summed E-state index contributed by atoms with van der Waals surface area (Å²) in [6, 6.07) is 19.1. The molecule has 2 unspecified atom stereocenters. The zero-order chi connectivity index (χ0) is 19.1. The molecule has 0 saturated heterocycles. The topological polar surface area (TPSA) is 24.1 Å². The lowest BCUT2D eigenvalue weighted by atomic mass is 9.78. The molecule has 0 amide bonds. The van der Waals surface area contributed by atoms with Gasteiger partial charge in [-0.2, -0.15) is 0 Å². The van der Waals surface area contributed by atoms with Gasteiger partial charge in [0.2, 0.25) is 0 Å². The predicted molar refractivity (Wildman–Crippen MR) is 116 cm³/mol. The third kappa shape index (κ3) is 6.02. The van der Waals surface area contributed by atoms with E-state index >= 15 is 0 Å². The Morgan fingerprint density at radius 1 is 0.963 bits per heavy atom. The standard InChI is InChI=1S/C25H32N2/c1-19-10-7-8-14-24(19)16-20(2)26-21(3)27-25-15-9-13-23(18-25)17-22-11-5-4-6-12-22/h4-6,9,11-13,15,18-19,24,26-27H,2-3,7-8,10,14,16-17H2,1H3. The van der Waals surface area contributed by atoms with Crippen LogP contribution in [0.1, 0.15) is 50.2 Å². The van der Waals surface area contributed by atoms with E-state index in [-0.39, 0.29) is 0 Å². The summed E-state index contributed by atoms with van der Waals surface area (Å²) in [4.78, 5) is 0. The summed E-state index contributed by atoms with van der Waals surface area (Å²) in [7, 11) is 0. The Morgan fingerprint density at radius 2 is 1.70 bits per heavy atom. The van der Waals surface area contributed by atoms with Gasteiger partial charge in [0, 0.05) is 11.4 Å². The Morgan fingerprint density at radius 3 is 2.48 bits per heavy atom. The largest absolute Gasteiger partial charge is 0.346 e. The highest BCUT2D eigenvalue weighted by Crippen LogP contribution is 2.33. The van der Waals surface area contributed by atoms with Crippen LogP contribution in [0.5, 0.6) is 0 Å². The first-order chi connectivity index (χ1) is 13.1. The Balaban J connectivity index is 1.51. The SMILES string of the molecule is C=C(CC1CCCCC1C)NC(=C)Nc1cccc(Cc2ccccc2)c1. The van der Waals surface area contributed by atoms with Crippen LogP contribution in [0.3, 0.4) is 0 Å². The molecule has 2 heteroatoms. The Labute approximate surface area is 164 Å². The van der Waals surface area contributed by atoms with Gasteiger partial charge >= 0.3 is 0 Å². The first kappa shape index (κ1) is 19.3. The fourth-order valence-electron chi connectivity index (χ4n) is 4.07. The van der Waals surface area contributed by atoms with Gasteiger partial charge in [0.25, 0.3) is 0 Å². The molecule has 2 atom stereocenters. The van der Waals surface area contributed by atoms with Crippen LogP contribution < -0.4 is 10.6 Å². The van der Waals surface area contributed by atoms with Crippen molar-refractivity contribution < 1.29 is 0 Å². The van der Waals surface area contributed by atoms with E-state index in [4.69, 9.17) is 0 Å². The average Bonchev–Trinajstić information content (AvgIpc) is 2.64. The summed E-state index contributed by atoms with van der Waals surface area (Å²) in [5.41, 5.74) is 4.72. The number of benzene rings is 2. The van der Waals surface area contributed by atoms with Crippen molar-refractivity contribution in [3.8, 4) is 0 Å². The zero-order valence-electron chi connectivity index (χ0n) is 16.5. The summed E-state index contributed by atoms with van der Waals surface area (Å²) >= 11 is 0. The number of nitrogens with one attached hydrogen (secondary N) is 2. The molecule has 0 spiro atoms. The summed E-state index contributed by atoms with van der Waals surface area (Å²) in [5, 5.41) is 6.75. The van der Waals surface area contributed by atoms with Crippen molar-refractivity contribution in [1.82, 2.24) is 5.32 Å². The van der Waals surface area contributed by atoms with Crippen LogP contribution in [0.4, 0.5) is 5.69 Å². The minimum absolute atomic E-state index is 0.751. The zero-order valence-corrected chi connectivity index (χ0v) is 16.5. The van der Waals surface area contributed by atoms with Gasteiger partial charge in [-0.3, -0.25) is 0 Å². The van der Waals surface area contributed by atoms with E-state index in [1.807, 2.05) is 0 Å². The number of anilines is 1. The van der Waals surface area contributed by atoms with E-state index in [9.17, 15) is 0 Å². The normalized spacial score (nSPS) is 19.3. The molecule has 0 aromatic heterocycles. The third-order valence-corrected chi connectivity index (χ3v) is 5.60. The smallest absolute Gasteiger partial charge is 0.0999 e. The van der Waals surface area contributed by atoms with Crippen molar-refractivity contribution in [2.75, 3.05) is 5.32 Å². The van der Waals surface area contributed by atoms with Crippen LogP contribution in [0.2, 0.25) is 0 Å². The fraction of sp³-hybridized carbons (Fsp3) is 0.360. The van der Waals surface area contributed by atoms with Crippen LogP contribution >= 0.6 is 0 Å². The maximum Gasteiger partial charge on any atom is 0.0999 e. The maximum absolute atomic E-state index is 4.23. The summed E-state index contributed by atoms with van der Waals surface area (Å²) in [6.07, 6.45) is 7.38. The van der Waals surface area contributed by atoms with Crippen molar-refractivity contribution in [2.24, 2.45) is 11.8 Å². The lowest BCUT2D eigenvalue weighted by molar-refractivity contribution is 0.252. The fourth-order valence-corrected chi connectivity index (χ4v) is 4.07. The van der Waals surface area contributed by atoms with E-state index in [1.54, 1.807) is 0 Å². The molecule has 0 aliphatic heterocycles. The highest BCUT2D eigenvalue weighted by Gasteiger charge is 2.21. The molecular weight excluding hydrogens is 328 g/mol. The summed E-state index contributed by atoms with van der Waals surface area (Å²) in [6.45, 7) is 10.7. The quantitative estimate of drug-likeness (QED) is 0.563. The molecule has 0 radical (unpaired) electrons. The van der Waals surface area contributed by atoms with Crippen LogP contribution in [0.25, 0.3) is 0 Å². The molecule has 2 aromatic rings. The molecule has 2 nitrogen and oxygen atoms in total. The minimum atomic E-state index is 0.751. The van der Waals surface area contributed by atoms with Gasteiger partial charge in [-0.15, -0.1) is 0 Å². The third-order valence-electron chi connectivity index (χ3n) is 5.60. The second kappa shape index (κ2) is 9.45. The van der Waals surface area contributed by atoms with Gasteiger partial charge in [-0.05, 0) is 54.4 Å². The number of rotatable bonds is 8. The average molecular weight is 361 g/mol. The van der Waals surface area contributed by atoms with Gasteiger partial charge < -0.3 is 10.6 Å². The van der Waals surface area contributed by atoms with Gasteiger partial charge in [0.15, 0.2) is 0 Å². The van der Waals surface area contributed by atoms with Gasteiger partial charge in [-0.1, -0.05) is 81.8 Å². The monoisotopic (exact) mass is 360 g/mol. The number of allylic oxidation sites excluding steroid dienone is 1. The van der Waals surface area contributed by atoms with Crippen LogP contribution in [-0.4, -0.2) is 0 Å². The van der Waals surface area contributed by atoms with Crippen LogP contribution in [-0.2, 0) is 6.42 Å². The minimum Gasteiger partial charge on any atom is -0.346 e. The summed E-state index contributed by atoms with van der Waals surface area (Å²) < 4.78 is 0. The van der Waals surface area contributed by atoms with Crippen LogP contribution in [0.15, 0.2) is 79.3 Å². The highest BCUT2D eigenvalue weighted by molar-refractivity contribution is 5.50. The second-order valence-corrected chi connectivity index (χ2v) is 7.92.